The number of carbonyl (C=O) groups excluding carboxylic acids is 3. The van der Waals surface area contributed by atoms with Gasteiger partial charge < -0.3 is 10.1 Å². The maximum Gasteiger partial charge on any atom is 0.326 e. The van der Waals surface area contributed by atoms with E-state index in [1.165, 1.54) is 18.2 Å². The smallest absolute Gasteiger partial charge is 0.326 e. The zero-order valence-corrected chi connectivity index (χ0v) is 11.0. The Morgan fingerprint density at radius 3 is 2.84 bits per heavy atom. The summed E-state index contributed by atoms with van der Waals surface area (Å²) in [7, 11) is 0. The highest BCUT2D eigenvalue weighted by Gasteiger charge is 2.40. The van der Waals surface area contributed by atoms with Crippen LogP contribution in [0.25, 0.3) is 0 Å². The lowest BCUT2D eigenvalue weighted by molar-refractivity contribution is -0.149. The zero-order valence-electron chi connectivity index (χ0n) is 10.2. The summed E-state index contributed by atoms with van der Waals surface area (Å²) >= 11 is 5.79. The molecular weight excluding hydrogens is 270 g/mol. The molecule has 0 fully saturated rings. The number of benzene rings is 1. The summed E-state index contributed by atoms with van der Waals surface area (Å²) in [5.41, 5.74) is 0.587. The molecule has 6 heteroatoms. The maximum atomic E-state index is 12.1. The van der Waals surface area contributed by atoms with Crippen LogP contribution in [0.4, 0.5) is 5.69 Å². The maximum absolute atomic E-state index is 12.1. The van der Waals surface area contributed by atoms with Gasteiger partial charge in [-0.25, -0.2) is 0 Å². The van der Waals surface area contributed by atoms with Gasteiger partial charge in [-0.15, -0.1) is 0 Å². The van der Waals surface area contributed by atoms with Crippen molar-refractivity contribution in [1.82, 2.24) is 0 Å². The number of rotatable bonds is 3. The molecule has 1 aliphatic rings. The van der Waals surface area contributed by atoms with Crippen LogP contribution in [-0.2, 0) is 14.3 Å². The van der Waals surface area contributed by atoms with E-state index in [9.17, 15) is 14.4 Å². The highest BCUT2D eigenvalue weighted by Crippen LogP contribution is 2.28. The number of nitrogens with one attached hydrogen (secondary N) is 1. The summed E-state index contributed by atoms with van der Waals surface area (Å²) < 4.78 is 4.86. The molecule has 1 aromatic carbocycles. The van der Waals surface area contributed by atoms with Gasteiger partial charge in [0.1, 0.15) is 0 Å². The van der Waals surface area contributed by atoms with Crippen LogP contribution in [0.15, 0.2) is 18.2 Å². The van der Waals surface area contributed by atoms with E-state index in [-0.39, 0.29) is 12.2 Å². The van der Waals surface area contributed by atoms with Gasteiger partial charge in [-0.2, -0.15) is 0 Å². The molecule has 0 aliphatic carbocycles. The fourth-order valence-electron chi connectivity index (χ4n) is 1.81. The molecule has 1 N–H and O–H groups in total. The van der Waals surface area contributed by atoms with Gasteiger partial charge in [0.05, 0.1) is 12.3 Å². The van der Waals surface area contributed by atoms with Gasteiger partial charge in [0.15, 0.2) is 11.7 Å². The third-order valence-electron chi connectivity index (χ3n) is 2.71. The van der Waals surface area contributed by atoms with Crippen LogP contribution in [0.3, 0.4) is 0 Å². The van der Waals surface area contributed by atoms with Crippen molar-refractivity contribution in [1.29, 1.82) is 0 Å². The number of Topliss-reactive ketones (excluding diaryl/α,β-unsaturated/α-hetero) is 1. The van der Waals surface area contributed by atoms with Crippen LogP contribution in [-0.4, -0.2) is 24.3 Å². The molecule has 0 bridgehead atoms. The quantitative estimate of drug-likeness (QED) is 0.680. The molecule has 19 heavy (non-hydrogen) atoms. The van der Waals surface area contributed by atoms with Crippen molar-refractivity contribution in [3.05, 3.63) is 28.8 Å². The minimum absolute atomic E-state index is 0.184. The molecule has 1 unspecified atom stereocenters. The van der Waals surface area contributed by atoms with Crippen LogP contribution >= 0.6 is 11.6 Å². The molecule has 0 saturated heterocycles. The number of hydrogen-bond donors (Lipinski definition) is 1. The molecule has 1 atom stereocenters. The molecule has 0 radical (unpaired) electrons. The first-order valence-electron chi connectivity index (χ1n) is 5.86. The molecule has 5 nitrogen and oxygen atoms in total. The highest BCUT2D eigenvalue weighted by molar-refractivity contribution is 6.33. The minimum Gasteiger partial charge on any atom is -0.465 e. The van der Waals surface area contributed by atoms with E-state index in [1.54, 1.807) is 0 Å². The van der Waals surface area contributed by atoms with Crippen molar-refractivity contribution < 1.29 is 19.1 Å². The van der Waals surface area contributed by atoms with Gasteiger partial charge in [-0.3, -0.25) is 14.4 Å². The van der Waals surface area contributed by atoms with Gasteiger partial charge in [0.2, 0.25) is 5.91 Å². The largest absolute Gasteiger partial charge is 0.465 e. The number of ketones is 1. The third-order valence-corrected chi connectivity index (χ3v) is 2.95. The van der Waals surface area contributed by atoms with Crippen molar-refractivity contribution in [3.8, 4) is 0 Å². The van der Waals surface area contributed by atoms with E-state index in [4.69, 9.17) is 16.3 Å². The fourth-order valence-corrected chi connectivity index (χ4v) is 1.99. The van der Waals surface area contributed by atoms with Crippen LogP contribution in [0, 0.1) is 5.92 Å². The summed E-state index contributed by atoms with van der Waals surface area (Å²) in [6.45, 7) is 2.01. The molecule has 1 aromatic rings. The lowest BCUT2D eigenvalue weighted by Crippen LogP contribution is -2.41. The number of carbonyl (C=O) groups is 3. The van der Waals surface area contributed by atoms with Crippen LogP contribution in [0.2, 0.25) is 5.02 Å². The third kappa shape index (κ3) is 2.61. The molecule has 0 spiro atoms. The summed E-state index contributed by atoms with van der Waals surface area (Å²) in [5.74, 6) is -3.48. The van der Waals surface area contributed by atoms with Crippen molar-refractivity contribution in [2.75, 3.05) is 11.9 Å². The predicted octanol–water partition coefficient (Wildman–Crippen LogP) is 2.04. The summed E-state index contributed by atoms with van der Waals surface area (Å²) in [6, 6.07) is 4.49. The Kier molecular flexibility index (Phi) is 3.85. The number of hydrogen-bond acceptors (Lipinski definition) is 4. The normalized spacial score (nSPS) is 17.7. The number of halogens is 1. The zero-order chi connectivity index (χ0) is 14.0. The van der Waals surface area contributed by atoms with E-state index in [0.717, 1.165) is 0 Å². The fraction of sp³-hybridized carbons (Fsp3) is 0.308. The number of fused-ring (bicyclic) bond motifs is 1. The lowest BCUT2D eigenvalue weighted by atomic mass is 9.92. The van der Waals surface area contributed by atoms with Crippen molar-refractivity contribution in [2.45, 2.75) is 13.3 Å². The summed E-state index contributed by atoms with van der Waals surface area (Å²) in [5, 5.41) is 2.90. The number of amides is 1. The average molecular weight is 282 g/mol. The molecule has 1 heterocycles. The first-order valence-corrected chi connectivity index (χ1v) is 6.23. The Morgan fingerprint density at radius 1 is 1.42 bits per heavy atom. The van der Waals surface area contributed by atoms with Crippen molar-refractivity contribution in [2.24, 2.45) is 5.92 Å². The van der Waals surface area contributed by atoms with E-state index in [2.05, 4.69) is 5.32 Å². The predicted molar refractivity (Wildman–Crippen MR) is 69.2 cm³/mol. The first-order chi connectivity index (χ1) is 9.04. The Balaban J connectivity index is 2.30. The molecular formula is C13H12ClNO4. The highest BCUT2D eigenvalue weighted by atomic mass is 35.5. The van der Waals surface area contributed by atoms with Gasteiger partial charge in [0.25, 0.3) is 0 Å². The topological polar surface area (TPSA) is 72.5 Å². The molecule has 0 saturated carbocycles. The standard InChI is InChI=1S/C13H12ClNO4/c1-2-5-19-13(18)10-11(16)8-4-3-7(14)6-9(8)15-12(10)17/h3-4,6,10H,2,5H2,1H3,(H,15,17). The van der Waals surface area contributed by atoms with Gasteiger partial charge in [0, 0.05) is 10.6 Å². The van der Waals surface area contributed by atoms with Gasteiger partial charge in [-0.1, -0.05) is 18.5 Å². The number of esters is 1. The van der Waals surface area contributed by atoms with Gasteiger partial charge >= 0.3 is 5.97 Å². The Labute approximate surface area is 114 Å². The lowest BCUT2D eigenvalue weighted by Gasteiger charge is -2.22. The molecule has 100 valence electrons. The Bertz CT molecular complexity index is 556. The SMILES string of the molecule is CCCOC(=O)C1C(=O)Nc2cc(Cl)ccc2C1=O. The van der Waals surface area contributed by atoms with Crippen molar-refractivity contribution >= 4 is 34.9 Å². The monoisotopic (exact) mass is 281 g/mol. The molecule has 2 rings (SSSR count). The Hall–Kier alpha value is -1.88. The molecule has 0 aromatic heterocycles. The second-order valence-corrected chi connectivity index (χ2v) is 4.58. The number of anilines is 1. The van der Waals surface area contributed by atoms with Crippen molar-refractivity contribution in [3.63, 3.8) is 0 Å². The minimum atomic E-state index is -1.43. The van der Waals surface area contributed by atoms with Crippen LogP contribution in [0.1, 0.15) is 23.7 Å². The van der Waals surface area contributed by atoms with Crippen LogP contribution in [0.5, 0.6) is 0 Å². The summed E-state index contributed by atoms with van der Waals surface area (Å²) in [6.07, 6.45) is 0.625. The van der Waals surface area contributed by atoms with E-state index in [1.807, 2.05) is 6.92 Å². The summed E-state index contributed by atoms with van der Waals surface area (Å²) in [4.78, 5) is 35.7. The second kappa shape index (κ2) is 5.40. The first kappa shape index (κ1) is 13.5. The second-order valence-electron chi connectivity index (χ2n) is 4.14. The van der Waals surface area contributed by atoms with E-state index >= 15 is 0 Å². The molecule has 1 amide bonds. The Morgan fingerprint density at radius 2 is 2.16 bits per heavy atom. The van der Waals surface area contributed by atoms with E-state index < -0.39 is 23.6 Å². The molecule has 1 aliphatic heterocycles. The number of ether oxygens (including phenoxy) is 1. The van der Waals surface area contributed by atoms with Gasteiger partial charge in [-0.05, 0) is 24.6 Å². The van der Waals surface area contributed by atoms with E-state index in [0.29, 0.717) is 17.1 Å². The average Bonchev–Trinajstić information content (AvgIpc) is 2.35. The van der Waals surface area contributed by atoms with Crippen LogP contribution < -0.4 is 5.32 Å².